The molecule has 0 spiro atoms. The molecule has 21 heavy (non-hydrogen) atoms. The number of nitrogens with one attached hydrogen (secondary N) is 1. The number of esters is 1. The number of hydrogen-bond acceptors (Lipinski definition) is 5. The summed E-state index contributed by atoms with van der Waals surface area (Å²) in [6.07, 6.45) is 3.47. The molecule has 0 fully saturated rings. The predicted molar refractivity (Wildman–Crippen MR) is 74.5 cm³/mol. The fourth-order valence-corrected chi connectivity index (χ4v) is 1.74. The van der Waals surface area contributed by atoms with Crippen molar-refractivity contribution in [2.45, 2.75) is 25.8 Å². The van der Waals surface area contributed by atoms with Gasteiger partial charge in [-0.05, 0) is 19.4 Å². The van der Waals surface area contributed by atoms with E-state index < -0.39 is 6.04 Å². The van der Waals surface area contributed by atoms with Crippen LogP contribution in [0, 0.1) is 0 Å². The van der Waals surface area contributed by atoms with Gasteiger partial charge < -0.3 is 19.4 Å². The molecule has 0 aliphatic heterocycles. The molecule has 0 unspecified atom stereocenters. The van der Waals surface area contributed by atoms with E-state index in [-0.39, 0.29) is 24.2 Å². The number of likely N-dealkylation sites (N-methyl/N-ethyl adjacent to an activating group) is 1. The maximum Gasteiger partial charge on any atom is 0.305 e. The summed E-state index contributed by atoms with van der Waals surface area (Å²) in [4.78, 5) is 36.3. The number of carbonyl (C=O) groups excluding carboxylic acids is 3. The number of carbonyl (C=O) groups is 3. The Morgan fingerprint density at radius 1 is 1.43 bits per heavy atom. The molecule has 7 heteroatoms. The first-order chi connectivity index (χ1) is 9.95. The lowest BCUT2D eigenvalue weighted by molar-refractivity contribution is -0.141. The summed E-state index contributed by atoms with van der Waals surface area (Å²) in [7, 11) is 2.95. The molecule has 0 radical (unpaired) electrons. The van der Waals surface area contributed by atoms with E-state index in [9.17, 15) is 14.4 Å². The molecule has 1 aromatic heterocycles. The number of rotatable bonds is 7. The van der Waals surface area contributed by atoms with Crippen molar-refractivity contribution in [2.75, 3.05) is 20.7 Å². The van der Waals surface area contributed by atoms with Crippen LogP contribution in [0.5, 0.6) is 0 Å². The third-order valence-electron chi connectivity index (χ3n) is 2.98. The zero-order valence-corrected chi connectivity index (χ0v) is 12.4. The summed E-state index contributed by atoms with van der Waals surface area (Å²) in [6, 6.07) is 0.864. The van der Waals surface area contributed by atoms with Gasteiger partial charge in [0.05, 0.1) is 18.9 Å². The molecule has 1 N–H and O–H groups in total. The van der Waals surface area contributed by atoms with Gasteiger partial charge in [-0.1, -0.05) is 0 Å². The van der Waals surface area contributed by atoms with Crippen LogP contribution in [-0.2, 0) is 14.3 Å². The van der Waals surface area contributed by atoms with Crippen LogP contribution in [0.25, 0.3) is 0 Å². The SMILES string of the molecule is COC(=O)CCCN(C)C(=O)[C@H](C)NC(=O)c1ccoc1. The van der Waals surface area contributed by atoms with Gasteiger partial charge in [0.15, 0.2) is 0 Å². The fourth-order valence-electron chi connectivity index (χ4n) is 1.74. The Kier molecular flexibility index (Phi) is 6.45. The first kappa shape index (κ1) is 16.7. The van der Waals surface area contributed by atoms with Gasteiger partial charge >= 0.3 is 5.97 Å². The molecule has 7 nitrogen and oxygen atoms in total. The Morgan fingerprint density at radius 3 is 2.71 bits per heavy atom. The maximum atomic E-state index is 12.1. The second-order valence-electron chi connectivity index (χ2n) is 4.65. The minimum absolute atomic E-state index is 0.225. The smallest absolute Gasteiger partial charge is 0.305 e. The lowest BCUT2D eigenvalue weighted by Gasteiger charge is -2.21. The number of hydrogen-bond donors (Lipinski definition) is 1. The predicted octanol–water partition coefficient (Wildman–Crippen LogP) is 0.810. The van der Waals surface area contributed by atoms with Crippen molar-refractivity contribution in [3.8, 4) is 0 Å². The van der Waals surface area contributed by atoms with Crippen LogP contribution in [0.4, 0.5) is 0 Å². The molecule has 0 aromatic carbocycles. The van der Waals surface area contributed by atoms with Crippen molar-refractivity contribution in [1.29, 1.82) is 0 Å². The van der Waals surface area contributed by atoms with E-state index >= 15 is 0 Å². The molecular weight excluding hydrogens is 276 g/mol. The quantitative estimate of drug-likeness (QED) is 0.752. The van der Waals surface area contributed by atoms with E-state index in [2.05, 4.69) is 10.1 Å². The second-order valence-corrected chi connectivity index (χ2v) is 4.65. The average Bonchev–Trinajstić information content (AvgIpc) is 3.00. The molecule has 0 bridgehead atoms. The standard InChI is InChI=1S/C14H20N2O5/c1-10(15-13(18)11-6-8-21-9-11)14(19)16(2)7-4-5-12(17)20-3/h6,8-10H,4-5,7H2,1-3H3,(H,15,18)/t10-/m0/s1. The van der Waals surface area contributed by atoms with Gasteiger partial charge in [-0.15, -0.1) is 0 Å². The lowest BCUT2D eigenvalue weighted by atomic mass is 10.2. The van der Waals surface area contributed by atoms with Gasteiger partial charge in [0.2, 0.25) is 5.91 Å². The zero-order chi connectivity index (χ0) is 15.8. The minimum Gasteiger partial charge on any atom is -0.472 e. The molecule has 0 aliphatic carbocycles. The van der Waals surface area contributed by atoms with Crippen LogP contribution in [0.15, 0.2) is 23.0 Å². The first-order valence-corrected chi connectivity index (χ1v) is 6.60. The zero-order valence-electron chi connectivity index (χ0n) is 12.4. The van der Waals surface area contributed by atoms with E-state index in [0.717, 1.165) is 0 Å². The fraction of sp³-hybridized carbons (Fsp3) is 0.500. The topological polar surface area (TPSA) is 88.9 Å². The molecule has 1 rings (SSSR count). The van der Waals surface area contributed by atoms with Crippen molar-refractivity contribution in [2.24, 2.45) is 0 Å². The number of amides is 2. The third kappa shape index (κ3) is 5.29. The van der Waals surface area contributed by atoms with Crippen molar-refractivity contribution in [3.63, 3.8) is 0 Å². The molecule has 0 aliphatic rings. The monoisotopic (exact) mass is 296 g/mol. The van der Waals surface area contributed by atoms with Gasteiger partial charge in [0.25, 0.3) is 5.91 Å². The Balaban J connectivity index is 2.39. The highest BCUT2D eigenvalue weighted by atomic mass is 16.5. The summed E-state index contributed by atoms with van der Waals surface area (Å²) >= 11 is 0. The van der Waals surface area contributed by atoms with Crippen molar-refractivity contribution >= 4 is 17.8 Å². The highest BCUT2D eigenvalue weighted by molar-refractivity contribution is 5.97. The number of methoxy groups -OCH3 is 1. The molecule has 1 atom stereocenters. The van der Waals surface area contributed by atoms with Crippen LogP contribution in [0.3, 0.4) is 0 Å². The highest BCUT2D eigenvalue weighted by Gasteiger charge is 2.20. The highest BCUT2D eigenvalue weighted by Crippen LogP contribution is 2.02. The molecule has 0 saturated heterocycles. The number of ether oxygens (including phenoxy) is 1. The largest absolute Gasteiger partial charge is 0.472 e. The Bertz CT molecular complexity index is 484. The van der Waals surface area contributed by atoms with Gasteiger partial charge in [-0.3, -0.25) is 14.4 Å². The maximum absolute atomic E-state index is 12.1. The lowest BCUT2D eigenvalue weighted by Crippen LogP contribution is -2.45. The molecule has 1 aromatic rings. The van der Waals surface area contributed by atoms with Crippen molar-refractivity contribution in [3.05, 3.63) is 24.2 Å². The summed E-state index contributed by atoms with van der Waals surface area (Å²) in [5.74, 6) is -0.901. The number of furan rings is 1. The van der Waals surface area contributed by atoms with Gasteiger partial charge in [-0.2, -0.15) is 0 Å². The second kappa shape index (κ2) is 8.08. The van der Waals surface area contributed by atoms with E-state index in [0.29, 0.717) is 18.5 Å². The average molecular weight is 296 g/mol. The van der Waals surface area contributed by atoms with Gasteiger partial charge in [0, 0.05) is 20.0 Å². The van der Waals surface area contributed by atoms with Crippen molar-refractivity contribution < 1.29 is 23.5 Å². The van der Waals surface area contributed by atoms with Crippen LogP contribution >= 0.6 is 0 Å². The third-order valence-corrected chi connectivity index (χ3v) is 2.98. The molecule has 1 heterocycles. The van der Waals surface area contributed by atoms with Crippen molar-refractivity contribution in [1.82, 2.24) is 10.2 Å². The van der Waals surface area contributed by atoms with E-state index in [1.54, 1.807) is 14.0 Å². The molecular formula is C14H20N2O5. The first-order valence-electron chi connectivity index (χ1n) is 6.60. The van der Waals surface area contributed by atoms with Gasteiger partial charge in [-0.25, -0.2) is 0 Å². The Hall–Kier alpha value is -2.31. The number of nitrogens with zero attached hydrogens (tertiary/aromatic N) is 1. The van der Waals surface area contributed by atoms with E-state index in [1.165, 1.54) is 30.6 Å². The Morgan fingerprint density at radius 2 is 2.14 bits per heavy atom. The van der Waals surface area contributed by atoms with Gasteiger partial charge in [0.1, 0.15) is 12.3 Å². The summed E-state index contributed by atoms with van der Waals surface area (Å²) in [5.41, 5.74) is 0.364. The van der Waals surface area contributed by atoms with Crippen LogP contribution < -0.4 is 5.32 Å². The molecule has 2 amide bonds. The van der Waals surface area contributed by atoms with Crippen LogP contribution in [0.1, 0.15) is 30.1 Å². The Labute approximate surface area is 123 Å². The normalized spacial score (nSPS) is 11.6. The van der Waals surface area contributed by atoms with E-state index in [4.69, 9.17) is 4.42 Å². The summed E-state index contributed by atoms with van der Waals surface area (Å²) in [5, 5.41) is 2.59. The molecule has 116 valence electrons. The minimum atomic E-state index is -0.657. The van der Waals surface area contributed by atoms with Crippen LogP contribution in [0.2, 0.25) is 0 Å². The van der Waals surface area contributed by atoms with E-state index in [1.807, 2.05) is 0 Å². The summed E-state index contributed by atoms with van der Waals surface area (Å²) < 4.78 is 9.34. The van der Waals surface area contributed by atoms with Crippen LogP contribution in [-0.4, -0.2) is 49.4 Å². The summed E-state index contributed by atoms with van der Waals surface area (Å²) in [6.45, 7) is 2.02. The molecule has 0 saturated carbocycles.